The fourth-order valence-corrected chi connectivity index (χ4v) is 1.29. The zero-order chi connectivity index (χ0) is 11.8. The summed E-state index contributed by atoms with van der Waals surface area (Å²) in [6, 6.07) is 7.78. The van der Waals surface area contributed by atoms with Gasteiger partial charge in [-0.3, -0.25) is 0 Å². The third kappa shape index (κ3) is 4.01. The molecule has 0 spiro atoms. The topological polar surface area (TPSA) is 26.0 Å². The molecule has 0 aliphatic carbocycles. The minimum atomic E-state index is 0.785. The second kappa shape index (κ2) is 6.46. The predicted octanol–water partition coefficient (Wildman–Crippen LogP) is 3.97. The van der Waals surface area contributed by atoms with Crippen LogP contribution in [0.4, 0.5) is 5.69 Å². The van der Waals surface area contributed by atoms with Gasteiger partial charge in [0.25, 0.3) is 0 Å². The molecule has 16 heavy (non-hydrogen) atoms. The molecule has 0 radical (unpaired) electrons. The van der Waals surface area contributed by atoms with Crippen LogP contribution in [0.3, 0.4) is 0 Å². The molecule has 1 aromatic carbocycles. The van der Waals surface area contributed by atoms with Gasteiger partial charge < -0.3 is 5.73 Å². The van der Waals surface area contributed by atoms with E-state index in [1.807, 2.05) is 55.5 Å². The Kier molecular flexibility index (Phi) is 4.87. The summed E-state index contributed by atoms with van der Waals surface area (Å²) in [5.74, 6) is 0. The van der Waals surface area contributed by atoms with E-state index >= 15 is 0 Å². The van der Waals surface area contributed by atoms with E-state index in [4.69, 9.17) is 5.73 Å². The lowest BCUT2D eigenvalue weighted by atomic mass is 10.1. The normalized spacial score (nSPS) is 12.4. The Balaban J connectivity index is 2.82. The van der Waals surface area contributed by atoms with Crippen molar-refractivity contribution in [2.45, 2.75) is 6.92 Å². The second-order valence-corrected chi connectivity index (χ2v) is 3.40. The lowest BCUT2D eigenvalue weighted by molar-refractivity contribution is 1.61. The van der Waals surface area contributed by atoms with Crippen molar-refractivity contribution in [3.05, 3.63) is 72.4 Å². The zero-order valence-corrected chi connectivity index (χ0v) is 9.56. The fourth-order valence-electron chi connectivity index (χ4n) is 1.29. The van der Waals surface area contributed by atoms with Crippen LogP contribution < -0.4 is 5.73 Å². The van der Waals surface area contributed by atoms with E-state index in [9.17, 15) is 0 Å². The van der Waals surface area contributed by atoms with E-state index < -0.39 is 0 Å². The summed E-state index contributed by atoms with van der Waals surface area (Å²) in [5.41, 5.74) is 8.66. The number of anilines is 1. The lowest BCUT2D eigenvalue weighted by Crippen LogP contribution is -1.82. The molecule has 2 N–H and O–H groups in total. The molecule has 0 heterocycles. The summed E-state index contributed by atoms with van der Waals surface area (Å²) in [5, 5.41) is 0. The monoisotopic (exact) mass is 211 g/mol. The number of allylic oxidation sites excluding steroid dienone is 6. The summed E-state index contributed by atoms with van der Waals surface area (Å²) in [6.45, 7) is 5.68. The molecule has 1 rings (SSSR count). The first-order valence-corrected chi connectivity index (χ1v) is 5.25. The number of nitrogen functional groups attached to an aromatic ring is 1. The van der Waals surface area contributed by atoms with Crippen molar-refractivity contribution >= 4 is 11.8 Å². The van der Waals surface area contributed by atoms with Gasteiger partial charge in [-0.1, -0.05) is 55.2 Å². The third-order valence-corrected chi connectivity index (χ3v) is 2.07. The van der Waals surface area contributed by atoms with Crippen LogP contribution in [0.1, 0.15) is 12.5 Å². The molecule has 0 aliphatic heterocycles. The summed E-state index contributed by atoms with van der Waals surface area (Å²) in [6.07, 6.45) is 11.9. The van der Waals surface area contributed by atoms with Gasteiger partial charge in [0.05, 0.1) is 0 Å². The van der Waals surface area contributed by atoms with Crippen LogP contribution in [-0.4, -0.2) is 0 Å². The van der Waals surface area contributed by atoms with Crippen molar-refractivity contribution in [3.63, 3.8) is 0 Å². The molecule has 82 valence electrons. The molecule has 0 unspecified atom stereocenters. The Hall–Kier alpha value is -2.02. The van der Waals surface area contributed by atoms with Crippen LogP contribution in [0.2, 0.25) is 0 Å². The number of hydrogen-bond donors (Lipinski definition) is 1. The smallest absolute Gasteiger partial charge is 0.0314 e. The molecule has 0 aromatic heterocycles. The van der Waals surface area contributed by atoms with Crippen LogP contribution in [0.25, 0.3) is 6.08 Å². The van der Waals surface area contributed by atoms with Crippen LogP contribution in [-0.2, 0) is 0 Å². The zero-order valence-electron chi connectivity index (χ0n) is 9.56. The Bertz CT molecular complexity index is 419. The van der Waals surface area contributed by atoms with Crippen molar-refractivity contribution in [1.82, 2.24) is 0 Å². The molecule has 1 aromatic rings. The fraction of sp³-hybridized carbons (Fsp3) is 0.0667. The van der Waals surface area contributed by atoms with Crippen LogP contribution in [0.15, 0.2) is 66.8 Å². The molecule has 0 amide bonds. The van der Waals surface area contributed by atoms with Gasteiger partial charge in [-0.05, 0) is 30.2 Å². The highest BCUT2D eigenvalue weighted by atomic mass is 14.5. The minimum Gasteiger partial charge on any atom is -0.399 e. The highest BCUT2D eigenvalue weighted by Crippen LogP contribution is 2.09. The van der Waals surface area contributed by atoms with Crippen LogP contribution in [0.5, 0.6) is 0 Å². The van der Waals surface area contributed by atoms with Gasteiger partial charge in [0.15, 0.2) is 0 Å². The van der Waals surface area contributed by atoms with Gasteiger partial charge in [-0.25, -0.2) is 0 Å². The van der Waals surface area contributed by atoms with Gasteiger partial charge in [-0.2, -0.15) is 0 Å². The van der Waals surface area contributed by atoms with Gasteiger partial charge in [0, 0.05) is 5.69 Å². The van der Waals surface area contributed by atoms with Gasteiger partial charge in [-0.15, -0.1) is 0 Å². The number of nitrogens with two attached hydrogens (primary N) is 1. The van der Waals surface area contributed by atoms with Crippen molar-refractivity contribution in [2.24, 2.45) is 0 Å². The quantitative estimate of drug-likeness (QED) is 0.592. The van der Waals surface area contributed by atoms with Gasteiger partial charge in [0.2, 0.25) is 0 Å². The average molecular weight is 211 g/mol. The molecule has 0 atom stereocenters. The number of benzene rings is 1. The highest BCUT2D eigenvalue weighted by Gasteiger charge is 1.87. The molecule has 1 heteroatoms. The second-order valence-electron chi connectivity index (χ2n) is 3.40. The molecular weight excluding hydrogens is 194 g/mol. The standard InChI is InChI=1S/C15H17N/c1-3-5-13(6-4-2)7-8-14-9-11-15(16)12-10-14/h3-12H,1,16H2,2H3/b6-4-,8-7+,13-5+. The molecule has 0 aliphatic rings. The van der Waals surface area contributed by atoms with Crippen molar-refractivity contribution in [3.8, 4) is 0 Å². The highest BCUT2D eigenvalue weighted by molar-refractivity contribution is 5.57. The molecule has 0 bridgehead atoms. The Morgan fingerprint density at radius 1 is 1.19 bits per heavy atom. The largest absolute Gasteiger partial charge is 0.399 e. The maximum Gasteiger partial charge on any atom is 0.0314 e. The maximum atomic E-state index is 5.62. The lowest BCUT2D eigenvalue weighted by Gasteiger charge is -1.95. The molecule has 0 saturated carbocycles. The summed E-state index contributed by atoms with van der Waals surface area (Å²) >= 11 is 0. The minimum absolute atomic E-state index is 0.785. The van der Waals surface area contributed by atoms with Crippen LogP contribution >= 0.6 is 0 Å². The van der Waals surface area contributed by atoms with Gasteiger partial charge in [0.1, 0.15) is 0 Å². The van der Waals surface area contributed by atoms with E-state index in [0.717, 1.165) is 16.8 Å². The Labute approximate surface area is 97.3 Å². The predicted molar refractivity (Wildman–Crippen MR) is 73.0 cm³/mol. The van der Waals surface area contributed by atoms with E-state index in [1.54, 1.807) is 6.08 Å². The molecule has 0 fully saturated rings. The van der Waals surface area contributed by atoms with E-state index in [1.165, 1.54) is 0 Å². The maximum absolute atomic E-state index is 5.62. The first kappa shape index (κ1) is 12.1. The first-order chi connectivity index (χ1) is 7.76. The molecule has 1 nitrogen and oxygen atoms in total. The summed E-state index contributed by atoms with van der Waals surface area (Å²) in [7, 11) is 0. The SMILES string of the molecule is C=C/C=C(\C=C/C)/C=C/c1ccc(N)cc1. The summed E-state index contributed by atoms with van der Waals surface area (Å²) in [4.78, 5) is 0. The first-order valence-electron chi connectivity index (χ1n) is 5.25. The Morgan fingerprint density at radius 3 is 2.44 bits per heavy atom. The van der Waals surface area contributed by atoms with Crippen molar-refractivity contribution in [2.75, 3.05) is 5.73 Å². The van der Waals surface area contributed by atoms with E-state index in [0.29, 0.717) is 0 Å². The third-order valence-electron chi connectivity index (χ3n) is 2.07. The average Bonchev–Trinajstić information content (AvgIpc) is 2.29. The van der Waals surface area contributed by atoms with Gasteiger partial charge >= 0.3 is 0 Å². The Morgan fingerprint density at radius 2 is 1.88 bits per heavy atom. The van der Waals surface area contributed by atoms with Crippen molar-refractivity contribution in [1.29, 1.82) is 0 Å². The number of rotatable bonds is 4. The van der Waals surface area contributed by atoms with E-state index in [2.05, 4.69) is 12.7 Å². The van der Waals surface area contributed by atoms with Crippen LogP contribution in [0, 0.1) is 0 Å². The van der Waals surface area contributed by atoms with Crippen molar-refractivity contribution < 1.29 is 0 Å². The van der Waals surface area contributed by atoms with E-state index in [-0.39, 0.29) is 0 Å². The molecular formula is C15H17N. The summed E-state index contributed by atoms with van der Waals surface area (Å²) < 4.78 is 0. The number of hydrogen-bond acceptors (Lipinski definition) is 1. The molecule has 0 saturated heterocycles.